The van der Waals surface area contributed by atoms with Crippen LogP contribution < -0.4 is 0 Å². The van der Waals surface area contributed by atoms with Gasteiger partial charge in [-0.2, -0.15) is 15.8 Å². The van der Waals surface area contributed by atoms with Crippen LogP contribution in [0.3, 0.4) is 0 Å². The maximum Gasteiger partial charge on any atom is 0.187 e. The maximum atomic E-state index is 10.8. The van der Waals surface area contributed by atoms with Gasteiger partial charge in [0.2, 0.25) is 0 Å². The Hall–Kier alpha value is -10.2. The van der Waals surface area contributed by atoms with Crippen molar-refractivity contribution in [1.82, 2.24) is 14.5 Å². The number of aromatic nitrogens is 3. The zero-order chi connectivity index (χ0) is 46.8. The predicted octanol–water partition coefficient (Wildman–Crippen LogP) is 15.4. The van der Waals surface area contributed by atoms with Crippen LogP contribution >= 0.6 is 0 Å². The Bertz CT molecular complexity index is 3760. The quantitative estimate of drug-likeness (QED) is 0.141. The van der Waals surface area contributed by atoms with Crippen molar-refractivity contribution in [3.63, 3.8) is 0 Å². The molecule has 0 aliphatic rings. The van der Waals surface area contributed by atoms with Gasteiger partial charge in [0.1, 0.15) is 0 Å². The summed E-state index contributed by atoms with van der Waals surface area (Å²) in [6.45, 7) is 7.74. The summed E-state index contributed by atoms with van der Waals surface area (Å²) < 4.78 is 2.25. The molecule has 0 fully saturated rings. The fraction of sp³-hybridized carbons (Fsp3) is 0. The molecule has 11 rings (SSSR count). The summed E-state index contributed by atoms with van der Waals surface area (Å²) in [7, 11) is 0. The lowest BCUT2D eigenvalue weighted by atomic mass is 9.88. The zero-order valence-corrected chi connectivity index (χ0v) is 36.8. The van der Waals surface area contributed by atoms with Gasteiger partial charge in [0.25, 0.3) is 0 Å². The lowest BCUT2D eigenvalue weighted by molar-refractivity contribution is 1.17. The van der Waals surface area contributed by atoms with Gasteiger partial charge >= 0.3 is 0 Å². The highest BCUT2D eigenvalue weighted by molar-refractivity contribution is 6.13. The maximum absolute atomic E-state index is 10.8. The molecular formula is C62H35N7. The number of benzene rings is 9. The summed E-state index contributed by atoms with van der Waals surface area (Å²) in [4.78, 5) is 14.1. The van der Waals surface area contributed by atoms with Gasteiger partial charge in [-0.15, -0.1) is 0 Å². The van der Waals surface area contributed by atoms with Crippen LogP contribution in [0.1, 0.15) is 16.7 Å². The van der Waals surface area contributed by atoms with Crippen molar-refractivity contribution in [3.8, 4) is 102 Å². The van der Waals surface area contributed by atoms with Crippen molar-refractivity contribution in [2.24, 2.45) is 0 Å². The number of hydrogen-bond acceptors (Lipinski definition) is 5. The van der Waals surface area contributed by atoms with Crippen LogP contribution in [0.4, 0.5) is 5.69 Å². The highest BCUT2D eigenvalue weighted by Crippen LogP contribution is 2.46. The molecule has 0 saturated heterocycles. The minimum atomic E-state index is 0.482. The lowest BCUT2D eigenvalue weighted by Crippen LogP contribution is -2.04. The Morgan fingerprint density at radius 3 is 1.45 bits per heavy atom. The fourth-order valence-corrected chi connectivity index (χ4v) is 9.28. The first-order chi connectivity index (χ1) is 34.0. The third kappa shape index (κ3) is 7.61. The van der Waals surface area contributed by atoms with Gasteiger partial charge in [0.05, 0.1) is 69.6 Å². The van der Waals surface area contributed by atoms with Crippen LogP contribution in [0, 0.1) is 40.6 Å². The number of hydrogen-bond donors (Lipinski definition) is 0. The highest BCUT2D eigenvalue weighted by atomic mass is 15.0. The van der Waals surface area contributed by atoms with Crippen LogP contribution in [0.5, 0.6) is 0 Å². The van der Waals surface area contributed by atoms with Crippen molar-refractivity contribution in [2.75, 3.05) is 0 Å². The van der Waals surface area contributed by atoms with Gasteiger partial charge in [-0.1, -0.05) is 140 Å². The molecule has 0 spiro atoms. The molecule has 0 radical (unpaired) electrons. The van der Waals surface area contributed by atoms with Crippen LogP contribution in [0.25, 0.3) is 111 Å². The molecule has 7 heteroatoms. The number of nitriles is 3. The molecule has 9 aromatic carbocycles. The molecule has 0 unspecified atom stereocenters. The molecule has 0 aliphatic heterocycles. The van der Waals surface area contributed by atoms with Crippen molar-refractivity contribution in [3.05, 3.63) is 240 Å². The summed E-state index contributed by atoms with van der Waals surface area (Å²) in [6.07, 6.45) is 0. The van der Waals surface area contributed by atoms with Gasteiger partial charge in [-0.3, -0.25) is 0 Å². The van der Waals surface area contributed by atoms with Gasteiger partial charge < -0.3 is 4.57 Å². The average molecular weight is 878 g/mol. The zero-order valence-electron chi connectivity index (χ0n) is 36.8. The second kappa shape index (κ2) is 17.7. The SMILES string of the molecule is [C-]#[N+]c1cccc(-c2ccc3c(c2)c2cc(-c4cccc(C#N)c4)ccc2n3-c2c(-c3ccccc3C#N)cc(-c3cc(-c4ccccc4)nc(-c4ccccc4)n3)cc2-c2ccccc2C#N)c1. The molecule has 0 atom stereocenters. The topological polar surface area (TPSA) is 106 Å². The highest BCUT2D eigenvalue weighted by Gasteiger charge is 2.25. The Labute approximate surface area is 398 Å². The van der Waals surface area contributed by atoms with E-state index in [0.29, 0.717) is 45.0 Å². The first kappa shape index (κ1) is 41.5. The van der Waals surface area contributed by atoms with E-state index in [0.717, 1.165) is 83.3 Å². The van der Waals surface area contributed by atoms with E-state index in [1.807, 2.05) is 152 Å². The average Bonchev–Trinajstić information content (AvgIpc) is 3.75. The van der Waals surface area contributed by atoms with Crippen molar-refractivity contribution in [1.29, 1.82) is 15.8 Å². The molecule has 318 valence electrons. The smallest absolute Gasteiger partial charge is 0.187 e. The first-order valence-corrected chi connectivity index (χ1v) is 22.3. The minimum absolute atomic E-state index is 0.482. The summed E-state index contributed by atoms with van der Waals surface area (Å²) in [5.41, 5.74) is 15.2. The van der Waals surface area contributed by atoms with E-state index in [1.165, 1.54) is 0 Å². The van der Waals surface area contributed by atoms with Crippen molar-refractivity contribution < 1.29 is 0 Å². The van der Waals surface area contributed by atoms with Gasteiger partial charge in [0.15, 0.2) is 11.5 Å². The molecule has 0 saturated carbocycles. The molecule has 0 aliphatic carbocycles. The van der Waals surface area contributed by atoms with Crippen LogP contribution in [0.15, 0.2) is 212 Å². The van der Waals surface area contributed by atoms with Gasteiger partial charge in [-0.05, 0) is 95.1 Å². The minimum Gasteiger partial charge on any atom is -0.308 e. The first-order valence-electron chi connectivity index (χ1n) is 22.3. The van der Waals surface area contributed by atoms with Crippen LogP contribution in [-0.4, -0.2) is 14.5 Å². The Kier molecular flexibility index (Phi) is 10.6. The second-order valence-electron chi connectivity index (χ2n) is 16.6. The second-order valence-corrected chi connectivity index (χ2v) is 16.6. The molecule has 0 bridgehead atoms. The van der Waals surface area contributed by atoms with Crippen molar-refractivity contribution in [2.45, 2.75) is 0 Å². The van der Waals surface area contributed by atoms with E-state index in [1.54, 1.807) is 12.1 Å². The molecule has 0 amide bonds. The molecule has 69 heavy (non-hydrogen) atoms. The normalized spacial score (nSPS) is 10.8. The van der Waals surface area contributed by atoms with Crippen molar-refractivity contribution >= 4 is 27.5 Å². The standard InChI is InChI=1S/C62H35N7/c1-66-50-23-13-22-44(31-50)46-27-29-60-54(33-46)53-32-45(43-21-12-14-40(30-43)37-63)26-28-59(53)69(60)61-55(51-24-10-8-19-47(51)38-64)34-49(35-56(61)52-25-11-9-20-48(52)39-65)58-36-57(41-15-4-2-5-16-41)67-62(68-58)42-17-6-3-7-18-42/h2-36H. The molecule has 7 nitrogen and oxygen atoms in total. The van der Waals surface area contributed by atoms with E-state index in [-0.39, 0.29) is 0 Å². The van der Waals surface area contributed by atoms with E-state index < -0.39 is 0 Å². The molecule has 2 aromatic heterocycles. The lowest BCUT2D eigenvalue weighted by Gasteiger charge is -2.22. The number of rotatable bonds is 8. The molecule has 2 heterocycles. The third-order valence-corrected chi connectivity index (χ3v) is 12.5. The summed E-state index contributed by atoms with van der Waals surface area (Å²) >= 11 is 0. The summed E-state index contributed by atoms with van der Waals surface area (Å²) in [6, 6.07) is 76.6. The number of fused-ring (bicyclic) bond motifs is 3. The monoisotopic (exact) mass is 877 g/mol. The fourth-order valence-electron chi connectivity index (χ4n) is 9.28. The predicted molar refractivity (Wildman–Crippen MR) is 275 cm³/mol. The number of nitrogens with zero attached hydrogens (tertiary/aromatic N) is 7. The molecule has 11 aromatic rings. The summed E-state index contributed by atoms with van der Waals surface area (Å²) in [5.74, 6) is 0.560. The Morgan fingerprint density at radius 2 is 0.884 bits per heavy atom. The van der Waals surface area contributed by atoms with E-state index in [2.05, 4.69) is 76.2 Å². The van der Waals surface area contributed by atoms with E-state index in [9.17, 15) is 15.8 Å². The Morgan fingerprint density at radius 1 is 0.391 bits per heavy atom. The largest absolute Gasteiger partial charge is 0.308 e. The van der Waals surface area contributed by atoms with E-state index in [4.69, 9.17) is 16.5 Å². The Balaban J connectivity index is 1.28. The third-order valence-electron chi connectivity index (χ3n) is 12.5. The molecular weight excluding hydrogens is 843 g/mol. The molecule has 0 N–H and O–H groups in total. The van der Waals surface area contributed by atoms with Crippen LogP contribution in [-0.2, 0) is 0 Å². The van der Waals surface area contributed by atoms with Gasteiger partial charge in [-0.25, -0.2) is 14.8 Å². The van der Waals surface area contributed by atoms with Gasteiger partial charge in [0, 0.05) is 49.7 Å². The van der Waals surface area contributed by atoms with Crippen LogP contribution in [0.2, 0.25) is 0 Å². The van der Waals surface area contributed by atoms with E-state index >= 15 is 0 Å². The summed E-state index contributed by atoms with van der Waals surface area (Å²) in [5, 5.41) is 33.4.